The van der Waals surface area contributed by atoms with E-state index in [1.54, 1.807) is 10.6 Å². The van der Waals surface area contributed by atoms with Crippen molar-refractivity contribution in [2.45, 2.75) is 82.8 Å². The first-order chi connectivity index (χ1) is 14.9. The molecular weight excluding hydrogens is 401 g/mol. The van der Waals surface area contributed by atoms with Crippen molar-refractivity contribution < 1.29 is 13.9 Å². The molecule has 0 bridgehead atoms. The van der Waals surface area contributed by atoms with Crippen LogP contribution in [0, 0.1) is 5.82 Å². The van der Waals surface area contributed by atoms with E-state index in [-0.39, 0.29) is 17.5 Å². The standard InChI is InChI=1S/C23H30FN3O4/c1-14(22(29)31-2)26-21(28)17-12-18(24)19(25-15-8-4-3-5-9-15)13-20(17)27(23(26)30)16-10-6-7-11-16/h12-16,25H,3-11H2,1-2H3/t14-/m0/s1. The summed E-state index contributed by atoms with van der Waals surface area (Å²) in [6.07, 6.45) is 8.95. The third-order valence-corrected chi connectivity index (χ3v) is 6.79. The molecule has 2 fully saturated rings. The quantitative estimate of drug-likeness (QED) is 0.726. The van der Waals surface area contributed by atoms with Gasteiger partial charge in [0.15, 0.2) is 0 Å². The van der Waals surface area contributed by atoms with E-state index in [9.17, 15) is 14.4 Å². The molecule has 4 rings (SSSR count). The van der Waals surface area contributed by atoms with Crippen molar-refractivity contribution in [2.24, 2.45) is 0 Å². The number of carbonyl (C=O) groups excluding carboxylic acids is 1. The fourth-order valence-corrected chi connectivity index (χ4v) is 5.08. The fourth-order valence-electron chi connectivity index (χ4n) is 5.08. The highest BCUT2D eigenvalue weighted by molar-refractivity contribution is 5.83. The number of esters is 1. The SMILES string of the molecule is COC(=O)[C@H](C)n1c(=O)c2cc(F)c(NC3CCCCC3)cc2n(C2CCCC2)c1=O. The highest BCUT2D eigenvalue weighted by Gasteiger charge is 2.28. The smallest absolute Gasteiger partial charge is 0.332 e. The second-order valence-electron chi connectivity index (χ2n) is 8.79. The lowest BCUT2D eigenvalue weighted by Gasteiger charge is -2.25. The van der Waals surface area contributed by atoms with Gasteiger partial charge in [0.1, 0.15) is 11.9 Å². The monoisotopic (exact) mass is 431 g/mol. The summed E-state index contributed by atoms with van der Waals surface area (Å²) in [5.74, 6) is -1.21. The van der Waals surface area contributed by atoms with Crippen LogP contribution in [0.1, 0.15) is 76.8 Å². The number of benzene rings is 1. The summed E-state index contributed by atoms with van der Waals surface area (Å²) in [7, 11) is 1.21. The van der Waals surface area contributed by atoms with Crippen LogP contribution >= 0.6 is 0 Å². The first kappa shape index (κ1) is 21.6. The van der Waals surface area contributed by atoms with Gasteiger partial charge in [-0.15, -0.1) is 0 Å². The Hall–Kier alpha value is -2.64. The zero-order chi connectivity index (χ0) is 22.1. The van der Waals surface area contributed by atoms with Gasteiger partial charge in [-0.3, -0.25) is 9.36 Å². The van der Waals surface area contributed by atoms with Crippen molar-refractivity contribution in [1.29, 1.82) is 0 Å². The molecule has 0 spiro atoms. The number of halogens is 1. The third-order valence-electron chi connectivity index (χ3n) is 6.79. The number of hydrogen-bond acceptors (Lipinski definition) is 5. The number of fused-ring (bicyclic) bond motifs is 1. The van der Waals surface area contributed by atoms with Crippen molar-refractivity contribution in [3.8, 4) is 0 Å². The van der Waals surface area contributed by atoms with E-state index in [2.05, 4.69) is 5.32 Å². The van der Waals surface area contributed by atoms with E-state index in [1.165, 1.54) is 26.5 Å². The lowest BCUT2D eigenvalue weighted by molar-refractivity contribution is -0.144. The number of methoxy groups -OCH3 is 1. The molecule has 1 N–H and O–H groups in total. The molecule has 1 atom stereocenters. The van der Waals surface area contributed by atoms with Gasteiger partial charge in [-0.25, -0.2) is 18.5 Å². The van der Waals surface area contributed by atoms with Gasteiger partial charge in [0.25, 0.3) is 5.56 Å². The Bertz CT molecular complexity index is 1090. The van der Waals surface area contributed by atoms with Crippen molar-refractivity contribution >= 4 is 22.6 Å². The number of ether oxygens (including phenoxy) is 1. The maximum absolute atomic E-state index is 15.0. The fraction of sp³-hybridized carbons (Fsp3) is 0.609. The Morgan fingerprint density at radius 2 is 1.74 bits per heavy atom. The molecule has 0 saturated heterocycles. The highest BCUT2D eigenvalue weighted by atomic mass is 19.1. The Labute approximate surface area is 180 Å². The summed E-state index contributed by atoms with van der Waals surface area (Å²) in [5.41, 5.74) is -0.466. The normalized spacial score (nSPS) is 18.9. The summed E-state index contributed by atoms with van der Waals surface area (Å²) in [6.45, 7) is 1.45. The molecule has 0 radical (unpaired) electrons. The van der Waals surface area contributed by atoms with Crippen LogP contribution in [-0.2, 0) is 9.53 Å². The molecule has 168 valence electrons. The van der Waals surface area contributed by atoms with Crippen LogP contribution in [0.15, 0.2) is 21.7 Å². The van der Waals surface area contributed by atoms with Crippen molar-refractivity contribution in [2.75, 3.05) is 12.4 Å². The zero-order valence-corrected chi connectivity index (χ0v) is 18.2. The van der Waals surface area contributed by atoms with Crippen LogP contribution in [0.25, 0.3) is 10.9 Å². The van der Waals surface area contributed by atoms with Crippen molar-refractivity contribution in [1.82, 2.24) is 9.13 Å². The highest BCUT2D eigenvalue weighted by Crippen LogP contribution is 2.32. The number of carbonyl (C=O) groups is 1. The maximum atomic E-state index is 15.0. The minimum atomic E-state index is -1.09. The minimum absolute atomic E-state index is 0.0836. The second kappa shape index (κ2) is 8.85. The molecule has 2 aliphatic carbocycles. The number of nitrogens with zero attached hydrogens (tertiary/aromatic N) is 2. The van der Waals surface area contributed by atoms with E-state index in [0.29, 0.717) is 11.2 Å². The second-order valence-corrected chi connectivity index (χ2v) is 8.79. The molecule has 0 aliphatic heterocycles. The Morgan fingerprint density at radius 1 is 1.10 bits per heavy atom. The topological polar surface area (TPSA) is 82.3 Å². The Morgan fingerprint density at radius 3 is 2.39 bits per heavy atom. The summed E-state index contributed by atoms with van der Waals surface area (Å²) in [6, 6.07) is 1.82. The number of aromatic nitrogens is 2. The summed E-state index contributed by atoms with van der Waals surface area (Å²) in [4.78, 5) is 38.7. The first-order valence-corrected chi connectivity index (χ1v) is 11.3. The van der Waals surface area contributed by atoms with E-state index in [4.69, 9.17) is 4.74 Å². The van der Waals surface area contributed by atoms with Crippen LogP contribution in [0.3, 0.4) is 0 Å². The number of rotatable bonds is 5. The summed E-state index contributed by atoms with van der Waals surface area (Å²) >= 11 is 0. The van der Waals surface area contributed by atoms with Crippen LogP contribution in [-0.4, -0.2) is 28.3 Å². The molecule has 8 heteroatoms. The van der Waals surface area contributed by atoms with Crippen LogP contribution in [0.2, 0.25) is 0 Å². The zero-order valence-electron chi connectivity index (χ0n) is 18.2. The minimum Gasteiger partial charge on any atom is -0.467 e. The number of hydrogen-bond donors (Lipinski definition) is 1. The third kappa shape index (κ3) is 4.00. The Kier molecular flexibility index (Phi) is 6.16. The Balaban J connectivity index is 1.91. The molecule has 1 aromatic carbocycles. The van der Waals surface area contributed by atoms with Crippen LogP contribution < -0.4 is 16.6 Å². The van der Waals surface area contributed by atoms with Gasteiger partial charge in [0.05, 0.1) is 23.7 Å². The van der Waals surface area contributed by atoms with E-state index in [1.807, 2.05) is 0 Å². The van der Waals surface area contributed by atoms with Gasteiger partial charge in [-0.1, -0.05) is 32.1 Å². The predicted molar refractivity (Wildman–Crippen MR) is 117 cm³/mol. The van der Waals surface area contributed by atoms with E-state index >= 15 is 4.39 Å². The molecule has 1 aromatic heterocycles. The van der Waals surface area contributed by atoms with Gasteiger partial charge in [-0.2, -0.15) is 0 Å². The summed E-state index contributed by atoms with van der Waals surface area (Å²) in [5, 5.41) is 3.39. The predicted octanol–water partition coefficient (Wildman–Crippen LogP) is 3.90. The largest absolute Gasteiger partial charge is 0.467 e. The van der Waals surface area contributed by atoms with Crippen molar-refractivity contribution in [3.05, 3.63) is 38.8 Å². The molecule has 0 unspecified atom stereocenters. The van der Waals surface area contributed by atoms with Crippen molar-refractivity contribution in [3.63, 3.8) is 0 Å². The van der Waals surface area contributed by atoms with Gasteiger partial charge in [0, 0.05) is 12.1 Å². The maximum Gasteiger partial charge on any atom is 0.332 e. The lowest BCUT2D eigenvalue weighted by atomic mass is 9.95. The van der Waals surface area contributed by atoms with E-state index < -0.39 is 29.1 Å². The average Bonchev–Trinajstić information content (AvgIpc) is 3.29. The number of nitrogens with one attached hydrogen (secondary N) is 1. The van der Waals surface area contributed by atoms with Gasteiger partial charge in [-0.05, 0) is 44.7 Å². The first-order valence-electron chi connectivity index (χ1n) is 11.3. The summed E-state index contributed by atoms with van der Waals surface area (Å²) < 4.78 is 22.3. The average molecular weight is 432 g/mol. The van der Waals surface area contributed by atoms with E-state index in [0.717, 1.165) is 55.9 Å². The van der Waals surface area contributed by atoms with Gasteiger partial charge >= 0.3 is 11.7 Å². The number of anilines is 1. The van der Waals surface area contributed by atoms with Gasteiger partial charge < -0.3 is 10.1 Å². The molecule has 0 amide bonds. The molecule has 31 heavy (non-hydrogen) atoms. The van der Waals surface area contributed by atoms with Crippen LogP contribution in [0.5, 0.6) is 0 Å². The lowest BCUT2D eigenvalue weighted by Crippen LogP contribution is -2.44. The molecule has 2 saturated carbocycles. The molecule has 1 heterocycles. The van der Waals surface area contributed by atoms with Gasteiger partial charge in [0.2, 0.25) is 0 Å². The molecule has 7 nitrogen and oxygen atoms in total. The molecule has 2 aliphatic rings. The molecule has 2 aromatic rings. The van der Waals surface area contributed by atoms with Crippen LogP contribution in [0.4, 0.5) is 10.1 Å². The molecular formula is C23H30FN3O4.